The molecule has 0 saturated carbocycles. The Morgan fingerprint density at radius 2 is 1.83 bits per heavy atom. The lowest BCUT2D eigenvalue weighted by atomic mass is 10.2. The van der Waals surface area contributed by atoms with Crippen LogP contribution in [0.25, 0.3) is 0 Å². The first-order chi connectivity index (χ1) is 14.1. The van der Waals surface area contributed by atoms with Crippen LogP contribution in [0.1, 0.15) is 35.7 Å². The van der Waals surface area contributed by atoms with Gasteiger partial charge in [-0.15, -0.1) is 0 Å². The van der Waals surface area contributed by atoms with E-state index in [9.17, 15) is 21.6 Å². The summed E-state index contributed by atoms with van der Waals surface area (Å²) in [5.74, 6) is -0.388. The van der Waals surface area contributed by atoms with Crippen molar-refractivity contribution in [2.45, 2.75) is 31.6 Å². The summed E-state index contributed by atoms with van der Waals surface area (Å²) in [5, 5.41) is 0. The molecule has 10 heteroatoms. The first kappa shape index (κ1) is 22.1. The molecule has 8 nitrogen and oxygen atoms in total. The van der Waals surface area contributed by atoms with Crippen molar-refractivity contribution in [3.05, 3.63) is 53.6 Å². The number of carbonyl (C=O) groups excluding carboxylic acids is 1. The SMILES string of the molecule is CCOC(=O)c1ccc(NS(=O)(=O)c2ccc(N3CCCCS3(=O)=O)cc2C)cc1. The second kappa shape index (κ2) is 8.65. The summed E-state index contributed by atoms with van der Waals surface area (Å²) in [6.07, 6.45) is 1.39. The molecule has 0 aliphatic carbocycles. The summed E-state index contributed by atoms with van der Waals surface area (Å²) in [7, 11) is -7.27. The number of esters is 1. The zero-order valence-electron chi connectivity index (χ0n) is 16.8. The molecule has 1 saturated heterocycles. The fourth-order valence-corrected chi connectivity index (χ4v) is 6.19. The molecular formula is C20H24N2O6S2. The predicted octanol–water partition coefficient (Wildman–Crippen LogP) is 2.90. The Labute approximate surface area is 177 Å². The van der Waals surface area contributed by atoms with E-state index < -0.39 is 26.0 Å². The summed E-state index contributed by atoms with van der Waals surface area (Å²) in [4.78, 5) is 11.8. The highest BCUT2D eigenvalue weighted by Gasteiger charge is 2.27. The second-order valence-corrected chi connectivity index (χ2v) is 10.6. The van der Waals surface area contributed by atoms with E-state index in [2.05, 4.69) is 4.72 Å². The van der Waals surface area contributed by atoms with Crippen molar-refractivity contribution in [3.8, 4) is 0 Å². The lowest BCUT2D eigenvalue weighted by molar-refractivity contribution is 0.0526. The van der Waals surface area contributed by atoms with Crippen LogP contribution >= 0.6 is 0 Å². The summed E-state index contributed by atoms with van der Waals surface area (Å²) in [6, 6.07) is 10.4. The van der Waals surface area contributed by atoms with Gasteiger partial charge in [0.05, 0.1) is 28.5 Å². The highest BCUT2D eigenvalue weighted by atomic mass is 32.2. The van der Waals surface area contributed by atoms with Gasteiger partial charge in [0, 0.05) is 12.2 Å². The van der Waals surface area contributed by atoms with Crippen LogP contribution in [0.2, 0.25) is 0 Å². The molecule has 0 amide bonds. The van der Waals surface area contributed by atoms with E-state index in [1.165, 1.54) is 40.7 Å². The summed E-state index contributed by atoms with van der Waals surface area (Å²) in [6.45, 7) is 3.97. The summed E-state index contributed by atoms with van der Waals surface area (Å²) < 4.78 is 59.0. The Morgan fingerprint density at radius 1 is 1.13 bits per heavy atom. The van der Waals surface area contributed by atoms with Gasteiger partial charge in [0.1, 0.15) is 0 Å². The van der Waals surface area contributed by atoms with Crippen LogP contribution in [0.5, 0.6) is 0 Å². The van der Waals surface area contributed by atoms with Gasteiger partial charge in [0.15, 0.2) is 0 Å². The van der Waals surface area contributed by atoms with Gasteiger partial charge in [-0.05, 0) is 74.7 Å². The van der Waals surface area contributed by atoms with Gasteiger partial charge in [-0.1, -0.05) is 0 Å². The molecule has 0 atom stereocenters. The zero-order valence-corrected chi connectivity index (χ0v) is 18.4. The number of hydrogen-bond donors (Lipinski definition) is 1. The van der Waals surface area contributed by atoms with Gasteiger partial charge in [-0.25, -0.2) is 21.6 Å². The monoisotopic (exact) mass is 452 g/mol. The molecule has 1 N–H and O–H groups in total. The molecule has 162 valence electrons. The molecule has 30 heavy (non-hydrogen) atoms. The maximum absolute atomic E-state index is 12.8. The van der Waals surface area contributed by atoms with E-state index in [0.717, 1.165) is 6.42 Å². The van der Waals surface area contributed by atoms with Crippen molar-refractivity contribution in [1.29, 1.82) is 0 Å². The predicted molar refractivity (Wildman–Crippen MR) is 115 cm³/mol. The van der Waals surface area contributed by atoms with Crippen LogP contribution in [0.3, 0.4) is 0 Å². The van der Waals surface area contributed by atoms with Crippen molar-refractivity contribution in [2.75, 3.05) is 27.9 Å². The van der Waals surface area contributed by atoms with Crippen LogP contribution in [0.15, 0.2) is 47.4 Å². The third-order valence-electron chi connectivity index (χ3n) is 4.73. The number of nitrogens with zero attached hydrogens (tertiary/aromatic N) is 1. The third-order valence-corrected chi connectivity index (χ3v) is 8.14. The Hall–Kier alpha value is -2.59. The van der Waals surface area contributed by atoms with Crippen LogP contribution < -0.4 is 9.03 Å². The number of carbonyl (C=O) groups is 1. The van der Waals surface area contributed by atoms with E-state index in [-0.39, 0.29) is 17.3 Å². The standard InChI is InChI=1S/C20H24N2O6S2/c1-3-28-20(23)16-6-8-17(9-7-16)21-30(26,27)19-11-10-18(14-15(19)2)22-12-4-5-13-29(22,24)25/h6-11,14,21H,3-5,12-13H2,1-2H3. The molecule has 0 unspecified atom stereocenters. The number of nitrogens with one attached hydrogen (secondary N) is 1. The minimum Gasteiger partial charge on any atom is -0.462 e. The molecule has 1 fully saturated rings. The van der Waals surface area contributed by atoms with Crippen molar-refractivity contribution >= 4 is 37.4 Å². The number of ether oxygens (including phenoxy) is 1. The Bertz CT molecular complexity index is 1140. The van der Waals surface area contributed by atoms with E-state index in [0.29, 0.717) is 35.5 Å². The molecule has 2 aromatic carbocycles. The van der Waals surface area contributed by atoms with E-state index >= 15 is 0 Å². The number of benzene rings is 2. The largest absolute Gasteiger partial charge is 0.462 e. The topological polar surface area (TPSA) is 110 Å². The zero-order chi connectivity index (χ0) is 21.9. The average molecular weight is 453 g/mol. The Balaban J connectivity index is 1.82. The first-order valence-electron chi connectivity index (χ1n) is 9.55. The highest BCUT2D eigenvalue weighted by molar-refractivity contribution is 7.93. The van der Waals surface area contributed by atoms with Crippen molar-refractivity contribution in [3.63, 3.8) is 0 Å². The Morgan fingerprint density at radius 3 is 2.43 bits per heavy atom. The quantitative estimate of drug-likeness (QED) is 0.675. The van der Waals surface area contributed by atoms with Gasteiger partial charge in [0.2, 0.25) is 10.0 Å². The van der Waals surface area contributed by atoms with Crippen LogP contribution in [-0.4, -0.2) is 41.7 Å². The minimum absolute atomic E-state index is 0.0510. The maximum atomic E-state index is 12.8. The van der Waals surface area contributed by atoms with Crippen molar-refractivity contribution in [2.24, 2.45) is 0 Å². The average Bonchev–Trinajstić information content (AvgIpc) is 2.67. The number of hydrogen-bond acceptors (Lipinski definition) is 6. The van der Waals surface area contributed by atoms with Gasteiger partial charge < -0.3 is 4.74 Å². The minimum atomic E-state index is -3.90. The van der Waals surface area contributed by atoms with Crippen molar-refractivity contribution in [1.82, 2.24) is 0 Å². The molecule has 3 rings (SSSR count). The number of aryl methyl sites for hydroxylation is 1. The van der Waals surface area contributed by atoms with Gasteiger partial charge in [-0.3, -0.25) is 9.03 Å². The van der Waals surface area contributed by atoms with E-state index in [1.807, 2.05) is 0 Å². The lowest BCUT2D eigenvalue weighted by Gasteiger charge is -2.28. The molecule has 1 aliphatic rings. The van der Waals surface area contributed by atoms with Gasteiger partial charge >= 0.3 is 5.97 Å². The van der Waals surface area contributed by atoms with Crippen LogP contribution in [0, 0.1) is 6.92 Å². The van der Waals surface area contributed by atoms with E-state index in [4.69, 9.17) is 4.74 Å². The third kappa shape index (κ3) is 4.76. The summed E-state index contributed by atoms with van der Waals surface area (Å²) in [5.41, 5.74) is 1.52. The molecule has 0 spiro atoms. The normalized spacial score (nSPS) is 16.1. The molecule has 2 aromatic rings. The highest BCUT2D eigenvalue weighted by Crippen LogP contribution is 2.28. The van der Waals surface area contributed by atoms with Gasteiger partial charge in [-0.2, -0.15) is 0 Å². The number of sulfonamides is 2. The van der Waals surface area contributed by atoms with Crippen LogP contribution in [0.4, 0.5) is 11.4 Å². The van der Waals surface area contributed by atoms with Gasteiger partial charge in [0.25, 0.3) is 10.0 Å². The summed E-state index contributed by atoms with van der Waals surface area (Å²) >= 11 is 0. The lowest BCUT2D eigenvalue weighted by Crippen LogP contribution is -2.37. The van der Waals surface area contributed by atoms with Crippen LogP contribution in [-0.2, 0) is 24.8 Å². The fourth-order valence-electron chi connectivity index (χ4n) is 3.27. The first-order valence-corrected chi connectivity index (χ1v) is 12.6. The number of rotatable bonds is 6. The molecule has 1 aliphatic heterocycles. The molecule has 1 heterocycles. The smallest absolute Gasteiger partial charge is 0.338 e. The maximum Gasteiger partial charge on any atom is 0.338 e. The number of anilines is 2. The Kier molecular flexibility index (Phi) is 6.37. The molecule has 0 radical (unpaired) electrons. The fraction of sp³-hybridized carbons (Fsp3) is 0.350. The van der Waals surface area contributed by atoms with Crippen molar-refractivity contribution < 1.29 is 26.4 Å². The molecular weight excluding hydrogens is 428 g/mol. The second-order valence-electron chi connectivity index (χ2n) is 6.95. The van der Waals surface area contributed by atoms with E-state index in [1.54, 1.807) is 19.9 Å². The molecule has 0 aromatic heterocycles. The molecule has 0 bridgehead atoms.